The van der Waals surface area contributed by atoms with E-state index in [4.69, 9.17) is 0 Å². The first kappa shape index (κ1) is 20.6. The Morgan fingerprint density at radius 2 is 1.24 bits per heavy atom. The van der Waals surface area contributed by atoms with Crippen LogP contribution in [0.2, 0.25) is 0 Å². The lowest BCUT2D eigenvalue weighted by Crippen LogP contribution is -2.14. The van der Waals surface area contributed by atoms with Gasteiger partial charge in [0.1, 0.15) is 0 Å². The molecule has 0 aliphatic heterocycles. The smallest absolute Gasteiger partial charge is 0.261 e. The van der Waals surface area contributed by atoms with Crippen molar-refractivity contribution in [3.8, 4) is 0 Å². The van der Waals surface area contributed by atoms with Gasteiger partial charge in [0.2, 0.25) is 0 Å². The molecule has 0 bridgehead atoms. The largest absolute Gasteiger partial charge is 0.322 e. The predicted octanol–water partition coefficient (Wildman–Crippen LogP) is 3.14. The van der Waals surface area contributed by atoms with Crippen molar-refractivity contribution in [2.24, 2.45) is 0 Å². The third-order valence-corrected chi connectivity index (χ3v) is 6.52. The number of hydrogen-bond acceptors (Lipinski definition) is 5. The summed E-state index contributed by atoms with van der Waals surface area (Å²) in [6.45, 7) is 0. The van der Waals surface area contributed by atoms with Crippen LogP contribution in [-0.4, -0.2) is 29.0 Å². The maximum absolute atomic E-state index is 12.3. The van der Waals surface area contributed by atoms with Crippen molar-refractivity contribution in [2.75, 3.05) is 16.3 Å². The number of sulfonamides is 1. The molecule has 0 heterocycles. The molecule has 0 unspecified atom stereocenters. The van der Waals surface area contributed by atoms with Gasteiger partial charge < -0.3 is 5.32 Å². The van der Waals surface area contributed by atoms with Crippen molar-refractivity contribution >= 4 is 37.1 Å². The average Bonchev–Trinajstić information content (AvgIpc) is 2.68. The number of amides is 1. The van der Waals surface area contributed by atoms with Gasteiger partial charge >= 0.3 is 0 Å². The summed E-state index contributed by atoms with van der Waals surface area (Å²) in [6.07, 6.45) is 1.11. The molecule has 0 spiro atoms. The Morgan fingerprint density at radius 1 is 0.690 bits per heavy atom. The van der Waals surface area contributed by atoms with Gasteiger partial charge in [-0.05, 0) is 60.7 Å². The molecule has 2 N–H and O–H groups in total. The molecule has 7 nitrogen and oxygen atoms in total. The van der Waals surface area contributed by atoms with Crippen LogP contribution in [-0.2, 0) is 19.9 Å². The summed E-state index contributed by atoms with van der Waals surface area (Å²) in [4.78, 5) is 12.6. The fourth-order valence-corrected chi connectivity index (χ4v) is 4.20. The van der Waals surface area contributed by atoms with Crippen LogP contribution in [0.15, 0.2) is 88.7 Å². The van der Waals surface area contributed by atoms with Gasteiger partial charge in [0.25, 0.3) is 15.9 Å². The van der Waals surface area contributed by atoms with Crippen LogP contribution in [0.5, 0.6) is 0 Å². The van der Waals surface area contributed by atoms with E-state index in [9.17, 15) is 21.6 Å². The highest BCUT2D eigenvalue weighted by Gasteiger charge is 2.14. The van der Waals surface area contributed by atoms with Crippen molar-refractivity contribution in [2.45, 2.75) is 9.79 Å². The number of nitrogens with one attached hydrogen (secondary N) is 2. The molecule has 1 amide bonds. The van der Waals surface area contributed by atoms with Crippen molar-refractivity contribution < 1.29 is 21.6 Å². The molecular formula is C20H18N2O5S2. The standard InChI is InChI=1S/C20H18N2O5S2/c1-28(24,25)18-13-11-16(12-14-18)21-20(23)15-7-9-17(10-8-15)22-29(26,27)19-5-3-2-4-6-19/h2-14,22H,1H3,(H,21,23). The van der Waals surface area contributed by atoms with Gasteiger partial charge in [-0.25, -0.2) is 16.8 Å². The van der Waals surface area contributed by atoms with Crippen molar-refractivity contribution in [3.05, 3.63) is 84.4 Å². The van der Waals surface area contributed by atoms with E-state index in [-0.39, 0.29) is 9.79 Å². The minimum Gasteiger partial charge on any atom is -0.322 e. The molecule has 0 atom stereocenters. The van der Waals surface area contributed by atoms with E-state index >= 15 is 0 Å². The van der Waals surface area contributed by atoms with E-state index in [0.717, 1.165) is 6.26 Å². The fraction of sp³-hybridized carbons (Fsp3) is 0.0500. The number of rotatable bonds is 6. The van der Waals surface area contributed by atoms with Gasteiger partial charge in [-0.15, -0.1) is 0 Å². The second-order valence-corrected chi connectivity index (χ2v) is 9.94. The van der Waals surface area contributed by atoms with Crippen LogP contribution >= 0.6 is 0 Å². The summed E-state index contributed by atoms with van der Waals surface area (Å²) in [5.41, 5.74) is 1.08. The minimum absolute atomic E-state index is 0.138. The molecule has 0 aliphatic carbocycles. The van der Waals surface area contributed by atoms with Gasteiger partial charge in [-0.1, -0.05) is 18.2 Å². The third kappa shape index (κ3) is 5.21. The van der Waals surface area contributed by atoms with Crippen LogP contribution in [0.1, 0.15) is 10.4 Å². The number of carbonyl (C=O) groups is 1. The highest BCUT2D eigenvalue weighted by atomic mass is 32.2. The summed E-state index contributed by atoms with van der Waals surface area (Å²) in [7, 11) is -7.02. The highest BCUT2D eigenvalue weighted by Crippen LogP contribution is 2.18. The molecule has 9 heteroatoms. The third-order valence-electron chi connectivity index (χ3n) is 3.99. The Morgan fingerprint density at radius 3 is 1.79 bits per heavy atom. The van der Waals surface area contributed by atoms with E-state index in [1.165, 1.54) is 60.7 Å². The van der Waals surface area contributed by atoms with Gasteiger partial charge in [-0.3, -0.25) is 9.52 Å². The highest BCUT2D eigenvalue weighted by molar-refractivity contribution is 7.92. The number of hydrogen-bond donors (Lipinski definition) is 2. The Bertz CT molecular complexity index is 1220. The van der Waals surface area contributed by atoms with E-state index in [1.807, 2.05) is 0 Å². The summed E-state index contributed by atoms with van der Waals surface area (Å²) in [6, 6.07) is 19.7. The molecular weight excluding hydrogens is 412 g/mol. The Balaban J connectivity index is 1.69. The Kier molecular flexibility index (Phi) is 5.71. The number of anilines is 2. The second kappa shape index (κ2) is 8.06. The lowest BCUT2D eigenvalue weighted by molar-refractivity contribution is 0.102. The van der Waals surface area contributed by atoms with E-state index < -0.39 is 25.8 Å². The van der Waals surface area contributed by atoms with Gasteiger partial charge in [0.15, 0.2) is 9.84 Å². The quantitative estimate of drug-likeness (QED) is 0.624. The summed E-state index contributed by atoms with van der Waals surface area (Å²) in [5, 5.41) is 2.66. The molecule has 29 heavy (non-hydrogen) atoms. The maximum Gasteiger partial charge on any atom is 0.261 e. The average molecular weight is 431 g/mol. The Labute approximate surface area is 169 Å². The molecule has 0 fully saturated rings. The first-order chi connectivity index (χ1) is 13.6. The zero-order valence-electron chi connectivity index (χ0n) is 15.4. The zero-order chi connectivity index (χ0) is 21.1. The summed E-state index contributed by atoms with van der Waals surface area (Å²) in [5.74, 6) is -0.408. The topological polar surface area (TPSA) is 109 Å². The molecule has 3 rings (SSSR count). The van der Waals surface area contributed by atoms with Crippen molar-refractivity contribution in [1.82, 2.24) is 0 Å². The van der Waals surface area contributed by atoms with Crippen LogP contribution in [0.4, 0.5) is 11.4 Å². The first-order valence-electron chi connectivity index (χ1n) is 8.44. The molecule has 3 aromatic rings. The van der Waals surface area contributed by atoms with Crippen LogP contribution in [0, 0.1) is 0 Å². The normalized spacial score (nSPS) is 11.6. The number of sulfone groups is 1. The molecule has 150 valence electrons. The molecule has 0 saturated carbocycles. The van der Waals surface area contributed by atoms with Gasteiger partial charge in [-0.2, -0.15) is 0 Å². The van der Waals surface area contributed by atoms with Crippen molar-refractivity contribution in [1.29, 1.82) is 0 Å². The fourth-order valence-electron chi connectivity index (χ4n) is 2.49. The Hall–Kier alpha value is -3.17. The van der Waals surface area contributed by atoms with Gasteiger partial charge in [0.05, 0.1) is 9.79 Å². The molecule has 0 radical (unpaired) electrons. The summed E-state index contributed by atoms with van der Waals surface area (Å²) < 4.78 is 50.1. The summed E-state index contributed by atoms with van der Waals surface area (Å²) >= 11 is 0. The van der Waals surface area contributed by atoms with Crippen molar-refractivity contribution in [3.63, 3.8) is 0 Å². The second-order valence-electron chi connectivity index (χ2n) is 6.25. The lowest BCUT2D eigenvalue weighted by atomic mass is 10.2. The first-order valence-corrected chi connectivity index (χ1v) is 11.8. The molecule has 0 saturated heterocycles. The SMILES string of the molecule is CS(=O)(=O)c1ccc(NC(=O)c2ccc(NS(=O)(=O)c3ccccc3)cc2)cc1. The monoisotopic (exact) mass is 430 g/mol. The minimum atomic E-state index is -3.71. The van der Waals surface area contributed by atoms with E-state index in [2.05, 4.69) is 10.0 Å². The van der Waals surface area contributed by atoms with Crippen LogP contribution in [0.25, 0.3) is 0 Å². The van der Waals surface area contributed by atoms with E-state index in [0.29, 0.717) is 16.9 Å². The lowest BCUT2D eigenvalue weighted by Gasteiger charge is -2.09. The number of benzene rings is 3. The van der Waals surface area contributed by atoms with E-state index in [1.54, 1.807) is 18.2 Å². The molecule has 0 aliphatic rings. The van der Waals surface area contributed by atoms with Crippen LogP contribution < -0.4 is 10.0 Å². The molecule has 0 aromatic heterocycles. The van der Waals surface area contributed by atoms with Gasteiger partial charge in [0, 0.05) is 23.2 Å². The van der Waals surface area contributed by atoms with Crippen LogP contribution in [0.3, 0.4) is 0 Å². The molecule has 3 aromatic carbocycles. The maximum atomic E-state index is 12.3. The zero-order valence-corrected chi connectivity index (χ0v) is 17.0. The number of carbonyl (C=O) groups excluding carboxylic acids is 1. The predicted molar refractivity (Wildman–Crippen MR) is 111 cm³/mol.